The van der Waals surface area contributed by atoms with E-state index >= 15 is 0 Å². The minimum absolute atomic E-state index is 0. The summed E-state index contributed by atoms with van der Waals surface area (Å²) in [4.78, 5) is 4.65. The van der Waals surface area contributed by atoms with Gasteiger partial charge in [0.25, 0.3) is 0 Å². The molecule has 0 unspecified atom stereocenters. The maximum absolute atomic E-state index is 5.72. The van der Waals surface area contributed by atoms with Crippen molar-refractivity contribution in [2.24, 2.45) is 4.99 Å². The molecule has 1 aliphatic rings. The molecule has 7 heteroatoms. The van der Waals surface area contributed by atoms with Gasteiger partial charge in [-0.3, -0.25) is 4.99 Å². The summed E-state index contributed by atoms with van der Waals surface area (Å²) in [5, 5.41) is 6.69. The van der Waals surface area contributed by atoms with E-state index in [0.717, 1.165) is 63.0 Å². The molecule has 0 radical (unpaired) electrons. The van der Waals surface area contributed by atoms with E-state index < -0.39 is 0 Å². The molecule has 0 atom stereocenters. The van der Waals surface area contributed by atoms with E-state index in [9.17, 15) is 0 Å². The highest BCUT2D eigenvalue weighted by atomic mass is 127. The van der Waals surface area contributed by atoms with Gasteiger partial charge < -0.3 is 24.8 Å². The molecule has 0 saturated carbocycles. The Hall–Kier alpha value is -2.00. The third-order valence-corrected chi connectivity index (χ3v) is 4.57. The predicted octanol–water partition coefficient (Wildman–Crippen LogP) is 4.13. The topological polar surface area (TPSA) is 64.1 Å². The number of hydrogen-bond donors (Lipinski definition) is 2. The van der Waals surface area contributed by atoms with Gasteiger partial charge in [-0.2, -0.15) is 0 Å². The minimum Gasteiger partial charge on any atom is -0.454 e. The number of ether oxygens (including phenoxy) is 3. The highest BCUT2D eigenvalue weighted by molar-refractivity contribution is 14.0. The Morgan fingerprint density at radius 1 is 1.00 bits per heavy atom. The van der Waals surface area contributed by atoms with Gasteiger partial charge in [-0.15, -0.1) is 24.0 Å². The SMILES string of the molecule is CCNC(=NCCCCOCc1ccccc1)NCCc1ccc2c(c1)OCO2.I. The fourth-order valence-corrected chi connectivity index (χ4v) is 3.03. The van der Waals surface area contributed by atoms with Crippen LogP contribution >= 0.6 is 24.0 Å². The molecule has 0 bridgehead atoms. The van der Waals surface area contributed by atoms with Gasteiger partial charge in [0, 0.05) is 26.2 Å². The highest BCUT2D eigenvalue weighted by Crippen LogP contribution is 2.32. The summed E-state index contributed by atoms with van der Waals surface area (Å²) < 4.78 is 16.5. The lowest BCUT2D eigenvalue weighted by Crippen LogP contribution is -2.38. The third-order valence-electron chi connectivity index (χ3n) is 4.57. The Bertz CT molecular complexity index is 772. The van der Waals surface area contributed by atoms with Crippen molar-refractivity contribution in [2.75, 3.05) is 33.0 Å². The Kier molecular flexibility index (Phi) is 11.4. The lowest BCUT2D eigenvalue weighted by Gasteiger charge is -2.11. The Labute approximate surface area is 196 Å². The van der Waals surface area contributed by atoms with Gasteiger partial charge in [0.1, 0.15) is 0 Å². The number of hydrogen-bond acceptors (Lipinski definition) is 4. The monoisotopic (exact) mass is 525 g/mol. The van der Waals surface area contributed by atoms with Crippen LogP contribution in [-0.2, 0) is 17.8 Å². The summed E-state index contributed by atoms with van der Waals surface area (Å²) in [5.41, 5.74) is 2.43. The van der Waals surface area contributed by atoms with Crippen LogP contribution in [0.15, 0.2) is 53.5 Å². The zero-order valence-corrected chi connectivity index (χ0v) is 19.9. The highest BCUT2D eigenvalue weighted by Gasteiger charge is 2.12. The van der Waals surface area contributed by atoms with Crippen LogP contribution in [0.3, 0.4) is 0 Å². The zero-order chi connectivity index (χ0) is 20.2. The smallest absolute Gasteiger partial charge is 0.231 e. The van der Waals surface area contributed by atoms with E-state index in [1.807, 2.05) is 30.3 Å². The molecule has 2 aromatic rings. The minimum atomic E-state index is 0. The molecular weight excluding hydrogens is 493 g/mol. The fourth-order valence-electron chi connectivity index (χ4n) is 3.03. The van der Waals surface area contributed by atoms with E-state index in [4.69, 9.17) is 14.2 Å². The van der Waals surface area contributed by atoms with Crippen LogP contribution in [0.5, 0.6) is 11.5 Å². The number of guanidine groups is 1. The molecule has 0 saturated heterocycles. The molecule has 2 aromatic carbocycles. The lowest BCUT2D eigenvalue weighted by molar-refractivity contribution is 0.117. The van der Waals surface area contributed by atoms with E-state index in [2.05, 4.69) is 40.7 Å². The Balaban J connectivity index is 0.00000320. The van der Waals surface area contributed by atoms with Crippen molar-refractivity contribution in [3.05, 3.63) is 59.7 Å². The number of unbranched alkanes of at least 4 members (excludes halogenated alkanes) is 1. The molecule has 0 aliphatic carbocycles. The van der Waals surface area contributed by atoms with Gasteiger partial charge in [0.05, 0.1) is 6.61 Å². The van der Waals surface area contributed by atoms with Gasteiger partial charge in [0.15, 0.2) is 17.5 Å². The first-order valence-corrected chi connectivity index (χ1v) is 10.4. The van der Waals surface area contributed by atoms with Crippen LogP contribution in [0.2, 0.25) is 0 Å². The molecule has 1 heterocycles. The van der Waals surface area contributed by atoms with Gasteiger partial charge in [-0.1, -0.05) is 36.4 Å². The Morgan fingerprint density at radius 3 is 2.67 bits per heavy atom. The predicted molar refractivity (Wildman–Crippen MR) is 131 cm³/mol. The van der Waals surface area contributed by atoms with Crippen LogP contribution < -0.4 is 20.1 Å². The molecule has 2 N–H and O–H groups in total. The average Bonchev–Trinajstić information content (AvgIpc) is 3.21. The van der Waals surface area contributed by atoms with Crippen molar-refractivity contribution in [3.8, 4) is 11.5 Å². The first-order chi connectivity index (χ1) is 14.3. The number of benzene rings is 2. The van der Waals surface area contributed by atoms with E-state index in [-0.39, 0.29) is 24.0 Å². The van der Waals surface area contributed by atoms with Gasteiger partial charge in [-0.05, 0) is 49.4 Å². The molecule has 6 nitrogen and oxygen atoms in total. The molecular formula is C23H32IN3O3. The molecule has 30 heavy (non-hydrogen) atoms. The quantitative estimate of drug-likeness (QED) is 0.200. The number of nitrogens with one attached hydrogen (secondary N) is 2. The molecule has 0 aromatic heterocycles. The van der Waals surface area contributed by atoms with Crippen molar-refractivity contribution >= 4 is 29.9 Å². The van der Waals surface area contributed by atoms with Crippen LogP contribution in [0.1, 0.15) is 30.9 Å². The summed E-state index contributed by atoms with van der Waals surface area (Å²) >= 11 is 0. The fraction of sp³-hybridized carbons (Fsp3) is 0.435. The summed E-state index contributed by atoms with van der Waals surface area (Å²) in [6.07, 6.45) is 2.91. The number of fused-ring (bicyclic) bond motifs is 1. The van der Waals surface area contributed by atoms with Crippen molar-refractivity contribution in [1.82, 2.24) is 10.6 Å². The largest absolute Gasteiger partial charge is 0.454 e. The van der Waals surface area contributed by atoms with Crippen LogP contribution in [-0.4, -0.2) is 39.0 Å². The average molecular weight is 525 g/mol. The molecule has 164 valence electrons. The summed E-state index contributed by atoms with van der Waals surface area (Å²) in [6.45, 7) is 6.26. The number of aliphatic imine (C=N–C) groups is 1. The first-order valence-electron chi connectivity index (χ1n) is 10.4. The second-order valence-corrected chi connectivity index (χ2v) is 6.87. The van der Waals surface area contributed by atoms with Gasteiger partial charge in [0.2, 0.25) is 6.79 Å². The maximum Gasteiger partial charge on any atom is 0.231 e. The standard InChI is InChI=1S/C23H31N3O3.HI/c1-2-24-23(25-13-6-7-15-27-17-20-8-4-3-5-9-20)26-14-12-19-10-11-21-22(16-19)29-18-28-21;/h3-5,8-11,16H,2,6-7,12-15,17-18H2,1H3,(H2,24,25,26);1H. The van der Waals surface area contributed by atoms with E-state index in [0.29, 0.717) is 13.4 Å². The molecule has 0 spiro atoms. The first kappa shape index (κ1) is 24.3. The van der Waals surface area contributed by atoms with Crippen LogP contribution in [0, 0.1) is 0 Å². The maximum atomic E-state index is 5.72. The van der Waals surface area contributed by atoms with Crippen molar-refractivity contribution in [3.63, 3.8) is 0 Å². The van der Waals surface area contributed by atoms with Gasteiger partial charge in [-0.25, -0.2) is 0 Å². The van der Waals surface area contributed by atoms with Crippen molar-refractivity contribution in [2.45, 2.75) is 32.8 Å². The van der Waals surface area contributed by atoms with Crippen molar-refractivity contribution < 1.29 is 14.2 Å². The van der Waals surface area contributed by atoms with E-state index in [1.54, 1.807) is 0 Å². The van der Waals surface area contributed by atoms with Gasteiger partial charge >= 0.3 is 0 Å². The number of nitrogens with zero attached hydrogens (tertiary/aromatic N) is 1. The molecule has 0 fully saturated rings. The normalized spacial score (nSPS) is 12.4. The second kappa shape index (κ2) is 14.1. The van der Waals surface area contributed by atoms with Crippen LogP contribution in [0.4, 0.5) is 0 Å². The lowest BCUT2D eigenvalue weighted by atomic mass is 10.1. The van der Waals surface area contributed by atoms with E-state index in [1.165, 1.54) is 11.1 Å². The summed E-state index contributed by atoms with van der Waals surface area (Å²) in [7, 11) is 0. The Morgan fingerprint density at radius 2 is 1.83 bits per heavy atom. The summed E-state index contributed by atoms with van der Waals surface area (Å²) in [5.74, 6) is 2.51. The second-order valence-electron chi connectivity index (χ2n) is 6.87. The summed E-state index contributed by atoms with van der Waals surface area (Å²) in [6, 6.07) is 16.4. The van der Waals surface area contributed by atoms with Crippen LogP contribution in [0.25, 0.3) is 0 Å². The molecule has 0 amide bonds. The zero-order valence-electron chi connectivity index (χ0n) is 17.6. The third kappa shape index (κ3) is 8.39. The van der Waals surface area contributed by atoms with Crippen molar-refractivity contribution in [1.29, 1.82) is 0 Å². The number of halogens is 1. The number of rotatable bonds is 11. The molecule has 3 rings (SSSR count). The molecule has 1 aliphatic heterocycles.